The summed E-state index contributed by atoms with van der Waals surface area (Å²) in [5, 5.41) is 7.36. The number of likely N-dealkylation sites (N-methyl/N-ethyl adjacent to an activating group) is 1. The van der Waals surface area contributed by atoms with Gasteiger partial charge in [0.1, 0.15) is 5.75 Å². The van der Waals surface area contributed by atoms with Crippen LogP contribution in [0.3, 0.4) is 0 Å². The standard InChI is InChI=1S/C16H23N3O2/c1-5-12(11(3)17-4)16-18-15(19-21-16)13-9-7-8-10-14(13)20-6-2/h7-12,17H,5-6H2,1-4H3. The highest BCUT2D eigenvalue weighted by molar-refractivity contribution is 5.63. The number of ether oxygens (including phenoxy) is 1. The monoisotopic (exact) mass is 289 g/mol. The molecule has 0 aliphatic carbocycles. The summed E-state index contributed by atoms with van der Waals surface area (Å²) < 4.78 is 11.1. The van der Waals surface area contributed by atoms with Crippen LogP contribution in [0.2, 0.25) is 0 Å². The molecule has 0 bridgehead atoms. The molecule has 21 heavy (non-hydrogen) atoms. The number of hydrogen-bond acceptors (Lipinski definition) is 5. The molecule has 2 unspecified atom stereocenters. The highest BCUT2D eigenvalue weighted by atomic mass is 16.5. The summed E-state index contributed by atoms with van der Waals surface area (Å²) in [6.07, 6.45) is 0.941. The number of hydrogen-bond donors (Lipinski definition) is 1. The van der Waals surface area contributed by atoms with Crippen molar-refractivity contribution in [2.75, 3.05) is 13.7 Å². The van der Waals surface area contributed by atoms with Crippen molar-refractivity contribution in [2.24, 2.45) is 0 Å². The molecule has 0 spiro atoms. The Labute approximate surface area is 125 Å². The first-order valence-electron chi connectivity index (χ1n) is 7.44. The molecule has 2 atom stereocenters. The van der Waals surface area contributed by atoms with Crippen molar-refractivity contribution in [3.05, 3.63) is 30.2 Å². The Morgan fingerprint density at radius 2 is 2.05 bits per heavy atom. The maximum atomic E-state index is 5.62. The molecule has 1 N–H and O–H groups in total. The second-order valence-electron chi connectivity index (χ2n) is 4.98. The lowest BCUT2D eigenvalue weighted by atomic mass is 9.98. The van der Waals surface area contributed by atoms with Crippen LogP contribution in [0, 0.1) is 0 Å². The summed E-state index contributed by atoms with van der Waals surface area (Å²) in [6.45, 7) is 6.80. The summed E-state index contributed by atoms with van der Waals surface area (Å²) in [7, 11) is 1.94. The van der Waals surface area contributed by atoms with Crippen LogP contribution >= 0.6 is 0 Å². The molecule has 2 rings (SSSR count). The lowest BCUT2D eigenvalue weighted by Gasteiger charge is -2.17. The minimum atomic E-state index is 0.204. The Morgan fingerprint density at radius 1 is 1.29 bits per heavy atom. The fourth-order valence-corrected chi connectivity index (χ4v) is 2.37. The lowest BCUT2D eigenvalue weighted by molar-refractivity contribution is 0.321. The molecule has 0 saturated heterocycles. The van der Waals surface area contributed by atoms with Gasteiger partial charge < -0.3 is 14.6 Å². The van der Waals surface area contributed by atoms with Gasteiger partial charge in [0.05, 0.1) is 18.1 Å². The molecule has 114 valence electrons. The maximum Gasteiger partial charge on any atom is 0.231 e. The first-order chi connectivity index (χ1) is 10.2. The molecule has 5 nitrogen and oxygen atoms in total. The zero-order valence-corrected chi connectivity index (χ0v) is 13.1. The van der Waals surface area contributed by atoms with Gasteiger partial charge in [0.2, 0.25) is 11.7 Å². The van der Waals surface area contributed by atoms with Gasteiger partial charge in [-0.3, -0.25) is 0 Å². The quantitative estimate of drug-likeness (QED) is 0.848. The fourth-order valence-electron chi connectivity index (χ4n) is 2.37. The average Bonchev–Trinajstić information content (AvgIpc) is 2.98. The number of benzene rings is 1. The van der Waals surface area contributed by atoms with Crippen LogP contribution in [0.4, 0.5) is 0 Å². The van der Waals surface area contributed by atoms with Gasteiger partial charge in [-0.2, -0.15) is 4.98 Å². The molecule has 1 aromatic heterocycles. The average molecular weight is 289 g/mol. The van der Waals surface area contributed by atoms with Crippen LogP contribution in [0.25, 0.3) is 11.4 Å². The van der Waals surface area contributed by atoms with Gasteiger partial charge in [0.15, 0.2) is 0 Å². The third-order valence-electron chi connectivity index (χ3n) is 3.69. The fraction of sp³-hybridized carbons (Fsp3) is 0.500. The number of nitrogens with one attached hydrogen (secondary N) is 1. The van der Waals surface area contributed by atoms with Gasteiger partial charge in [-0.15, -0.1) is 0 Å². The predicted molar refractivity (Wildman–Crippen MR) is 82.5 cm³/mol. The molecular formula is C16H23N3O2. The van der Waals surface area contributed by atoms with Crippen molar-refractivity contribution in [3.8, 4) is 17.1 Å². The molecule has 2 aromatic rings. The summed E-state index contributed by atoms with van der Waals surface area (Å²) in [6, 6.07) is 8.03. The van der Waals surface area contributed by atoms with E-state index in [0.29, 0.717) is 18.3 Å². The SMILES string of the molecule is CCOc1ccccc1-c1noc(C(CC)C(C)NC)n1. The van der Waals surface area contributed by atoms with Gasteiger partial charge in [-0.1, -0.05) is 24.2 Å². The molecule has 0 amide bonds. The molecule has 1 aromatic carbocycles. The summed E-state index contributed by atoms with van der Waals surface area (Å²) >= 11 is 0. The van der Waals surface area contributed by atoms with Crippen molar-refractivity contribution in [3.63, 3.8) is 0 Å². The smallest absolute Gasteiger partial charge is 0.231 e. The number of rotatable bonds is 7. The van der Waals surface area contributed by atoms with E-state index in [2.05, 4.69) is 29.3 Å². The molecule has 0 saturated carbocycles. The normalized spacial score (nSPS) is 13.9. The van der Waals surface area contributed by atoms with Crippen molar-refractivity contribution in [1.29, 1.82) is 0 Å². The summed E-state index contributed by atoms with van der Waals surface area (Å²) in [5.74, 6) is 2.23. The van der Waals surface area contributed by atoms with Crippen LogP contribution in [-0.4, -0.2) is 29.8 Å². The second-order valence-corrected chi connectivity index (χ2v) is 4.98. The van der Waals surface area contributed by atoms with E-state index in [1.165, 1.54) is 0 Å². The van der Waals surface area contributed by atoms with Crippen LogP contribution in [0.1, 0.15) is 39.0 Å². The number of para-hydroxylation sites is 1. The van der Waals surface area contributed by atoms with E-state index in [0.717, 1.165) is 17.7 Å². The van der Waals surface area contributed by atoms with Crippen LogP contribution in [0.15, 0.2) is 28.8 Å². The number of aromatic nitrogens is 2. The van der Waals surface area contributed by atoms with E-state index < -0.39 is 0 Å². The second kappa shape index (κ2) is 7.22. The van der Waals surface area contributed by atoms with Gasteiger partial charge in [0.25, 0.3) is 0 Å². The van der Waals surface area contributed by atoms with Crippen molar-refractivity contribution < 1.29 is 9.26 Å². The molecule has 5 heteroatoms. The topological polar surface area (TPSA) is 60.2 Å². The highest BCUT2D eigenvalue weighted by Gasteiger charge is 2.23. The first kappa shape index (κ1) is 15.5. The van der Waals surface area contributed by atoms with Crippen molar-refractivity contribution >= 4 is 0 Å². The van der Waals surface area contributed by atoms with Crippen LogP contribution < -0.4 is 10.1 Å². The van der Waals surface area contributed by atoms with Crippen molar-refractivity contribution in [2.45, 2.75) is 39.2 Å². The van der Waals surface area contributed by atoms with E-state index in [1.54, 1.807) is 0 Å². The molecular weight excluding hydrogens is 266 g/mol. The Balaban J connectivity index is 2.31. The zero-order valence-electron chi connectivity index (χ0n) is 13.1. The third-order valence-corrected chi connectivity index (χ3v) is 3.69. The van der Waals surface area contributed by atoms with Gasteiger partial charge in [-0.05, 0) is 39.4 Å². The zero-order chi connectivity index (χ0) is 15.2. The largest absolute Gasteiger partial charge is 0.493 e. The maximum absolute atomic E-state index is 5.62. The van der Waals surface area contributed by atoms with Gasteiger partial charge >= 0.3 is 0 Å². The van der Waals surface area contributed by atoms with Crippen LogP contribution in [-0.2, 0) is 0 Å². The third kappa shape index (κ3) is 3.42. The first-order valence-corrected chi connectivity index (χ1v) is 7.44. The van der Waals surface area contributed by atoms with E-state index in [9.17, 15) is 0 Å². The minimum absolute atomic E-state index is 0.204. The van der Waals surface area contributed by atoms with E-state index in [1.807, 2.05) is 38.2 Å². The number of nitrogens with zero attached hydrogens (tertiary/aromatic N) is 2. The van der Waals surface area contributed by atoms with E-state index in [4.69, 9.17) is 9.26 Å². The van der Waals surface area contributed by atoms with Gasteiger partial charge in [0, 0.05) is 6.04 Å². The van der Waals surface area contributed by atoms with E-state index in [-0.39, 0.29) is 12.0 Å². The van der Waals surface area contributed by atoms with E-state index >= 15 is 0 Å². The summed E-state index contributed by atoms with van der Waals surface area (Å²) in [4.78, 5) is 4.57. The molecule has 0 aliphatic rings. The van der Waals surface area contributed by atoms with Crippen molar-refractivity contribution in [1.82, 2.24) is 15.5 Å². The molecule has 0 fully saturated rings. The molecule has 0 radical (unpaired) electrons. The Morgan fingerprint density at radius 3 is 2.71 bits per heavy atom. The van der Waals surface area contributed by atoms with Gasteiger partial charge in [-0.25, -0.2) is 0 Å². The highest BCUT2D eigenvalue weighted by Crippen LogP contribution is 2.30. The molecule has 1 heterocycles. The molecule has 0 aliphatic heterocycles. The van der Waals surface area contributed by atoms with Crippen LogP contribution in [0.5, 0.6) is 5.75 Å². The lowest BCUT2D eigenvalue weighted by Crippen LogP contribution is -2.28. The Bertz CT molecular complexity index is 568. The Hall–Kier alpha value is -1.88. The summed E-state index contributed by atoms with van der Waals surface area (Å²) in [5.41, 5.74) is 0.862. The predicted octanol–water partition coefficient (Wildman–Crippen LogP) is 3.24. The minimum Gasteiger partial charge on any atom is -0.493 e. The Kier molecular flexibility index (Phi) is 5.33.